The van der Waals surface area contributed by atoms with E-state index >= 15 is 0 Å². The van der Waals surface area contributed by atoms with Crippen LogP contribution < -0.4 is 10.1 Å². The van der Waals surface area contributed by atoms with Gasteiger partial charge >= 0.3 is 0 Å². The Morgan fingerprint density at radius 1 is 0.957 bits per heavy atom. The van der Waals surface area contributed by atoms with Crippen molar-refractivity contribution in [3.8, 4) is 5.75 Å². The van der Waals surface area contributed by atoms with E-state index in [0.29, 0.717) is 17.0 Å². The Bertz CT molecular complexity index is 725. The molecule has 0 aromatic heterocycles. The van der Waals surface area contributed by atoms with Crippen molar-refractivity contribution >= 4 is 17.4 Å². The first-order valence-electron chi connectivity index (χ1n) is 7.23. The summed E-state index contributed by atoms with van der Waals surface area (Å²) in [5.74, 6) is 0.109. The van der Waals surface area contributed by atoms with Crippen LogP contribution in [0.5, 0.6) is 5.75 Å². The van der Waals surface area contributed by atoms with Crippen LogP contribution in [0, 0.1) is 13.8 Å². The van der Waals surface area contributed by atoms with Crippen molar-refractivity contribution in [2.45, 2.75) is 13.8 Å². The summed E-state index contributed by atoms with van der Waals surface area (Å²) in [7, 11) is 1.56. The normalized spacial score (nSPS) is 10.6. The fraction of sp³-hybridized carbons (Fsp3) is 0.158. The molecule has 23 heavy (non-hydrogen) atoms. The van der Waals surface area contributed by atoms with Crippen LogP contribution in [0.2, 0.25) is 0 Å². The number of carbonyl (C=O) groups is 2. The SMILES string of the molecule is COc1ccc(C(=O)C=CC(=O)Nc2cc(C)cc(C)c2)cc1. The second kappa shape index (κ2) is 7.40. The number of ketones is 1. The number of nitrogens with one attached hydrogen (secondary N) is 1. The molecule has 2 rings (SSSR count). The van der Waals surface area contributed by atoms with Crippen LogP contribution in [-0.2, 0) is 4.79 Å². The average molecular weight is 309 g/mol. The molecule has 0 aliphatic heterocycles. The third kappa shape index (κ3) is 4.81. The average Bonchev–Trinajstić information content (AvgIpc) is 2.51. The largest absolute Gasteiger partial charge is 0.497 e. The highest BCUT2D eigenvalue weighted by molar-refractivity contribution is 6.09. The van der Waals surface area contributed by atoms with Crippen LogP contribution in [0.4, 0.5) is 5.69 Å². The van der Waals surface area contributed by atoms with Gasteiger partial charge in [-0.1, -0.05) is 6.07 Å². The maximum absolute atomic E-state index is 12.0. The molecule has 0 radical (unpaired) electrons. The van der Waals surface area contributed by atoms with Gasteiger partial charge in [0.15, 0.2) is 5.78 Å². The Morgan fingerprint density at radius 2 is 1.57 bits per heavy atom. The number of ether oxygens (including phenoxy) is 1. The quantitative estimate of drug-likeness (QED) is 0.677. The van der Waals surface area contributed by atoms with Crippen molar-refractivity contribution in [1.82, 2.24) is 0 Å². The molecular weight excluding hydrogens is 290 g/mol. The van der Waals surface area contributed by atoms with Gasteiger partial charge in [0.1, 0.15) is 5.75 Å². The van der Waals surface area contributed by atoms with Crippen LogP contribution in [0.25, 0.3) is 0 Å². The third-order valence-electron chi connectivity index (χ3n) is 3.25. The molecule has 0 aliphatic carbocycles. The van der Waals surface area contributed by atoms with Crippen molar-refractivity contribution in [2.75, 3.05) is 12.4 Å². The molecule has 0 heterocycles. The van der Waals surface area contributed by atoms with E-state index in [9.17, 15) is 9.59 Å². The zero-order valence-corrected chi connectivity index (χ0v) is 13.4. The minimum Gasteiger partial charge on any atom is -0.497 e. The lowest BCUT2D eigenvalue weighted by atomic mass is 10.1. The smallest absolute Gasteiger partial charge is 0.248 e. The molecular formula is C19H19NO3. The molecule has 2 aromatic rings. The number of allylic oxidation sites excluding steroid dienone is 1. The fourth-order valence-corrected chi connectivity index (χ4v) is 2.23. The third-order valence-corrected chi connectivity index (χ3v) is 3.25. The molecule has 0 spiro atoms. The lowest BCUT2D eigenvalue weighted by Gasteiger charge is -2.05. The molecule has 1 amide bonds. The summed E-state index contributed by atoms with van der Waals surface area (Å²) in [5.41, 5.74) is 3.35. The molecule has 0 saturated carbocycles. The van der Waals surface area contributed by atoms with E-state index < -0.39 is 0 Å². The zero-order valence-electron chi connectivity index (χ0n) is 13.4. The second-order valence-corrected chi connectivity index (χ2v) is 5.29. The van der Waals surface area contributed by atoms with Gasteiger partial charge < -0.3 is 10.1 Å². The molecule has 0 atom stereocenters. The monoisotopic (exact) mass is 309 g/mol. The number of benzene rings is 2. The minimum atomic E-state index is -0.336. The van der Waals surface area contributed by atoms with Gasteiger partial charge in [0.05, 0.1) is 7.11 Å². The van der Waals surface area contributed by atoms with Crippen LogP contribution in [0.1, 0.15) is 21.5 Å². The minimum absolute atomic E-state index is 0.233. The van der Waals surface area contributed by atoms with E-state index in [1.807, 2.05) is 32.0 Å². The number of hydrogen-bond acceptors (Lipinski definition) is 3. The zero-order chi connectivity index (χ0) is 16.8. The number of anilines is 1. The Labute approximate surface area is 135 Å². The summed E-state index contributed by atoms with van der Waals surface area (Å²) in [4.78, 5) is 23.9. The number of hydrogen-bond donors (Lipinski definition) is 1. The maximum atomic E-state index is 12.0. The molecule has 0 fully saturated rings. The van der Waals surface area contributed by atoms with Gasteiger partial charge in [0.25, 0.3) is 0 Å². The van der Waals surface area contributed by atoms with Gasteiger partial charge in [0.2, 0.25) is 5.91 Å². The van der Waals surface area contributed by atoms with E-state index in [4.69, 9.17) is 4.74 Å². The van der Waals surface area contributed by atoms with Crippen LogP contribution in [0.15, 0.2) is 54.6 Å². The van der Waals surface area contributed by atoms with Crippen molar-refractivity contribution < 1.29 is 14.3 Å². The first kappa shape index (κ1) is 16.5. The molecule has 4 nitrogen and oxygen atoms in total. The van der Waals surface area contributed by atoms with E-state index in [-0.39, 0.29) is 11.7 Å². The summed E-state index contributed by atoms with van der Waals surface area (Å²) in [6.07, 6.45) is 2.50. The summed E-state index contributed by atoms with van der Waals surface area (Å²) in [6, 6.07) is 12.5. The predicted octanol–water partition coefficient (Wildman–Crippen LogP) is 3.69. The van der Waals surface area contributed by atoms with E-state index in [1.54, 1.807) is 31.4 Å². The lowest BCUT2D eigenvalue weighted by Crippen LogP contribution is -2.09. The molecule has 118 valence electrons. The van der Waals surface area contributed by atoms with Gasteiger partial charge in [-0.2, -0.15) is 0 Å². The first-order valence-corrected chi connectivity index (χ1v) is 7.23. The number of methoxy groups -OCH3 is 1. The van der Waals surface area contributed by atoms with Gasteiger partial charge in [-0.05, 0) is 67.4 Å². The highest BCUT2D eigenvalue weighted by Gasteiger charge is 2.04. The number of rotatable bonds is 5. The Hall–Kier alpha value is -2.88. The van der Waals surface area contributed by atoms with Crippen LogP contribution >= 0.6 is 0 Å². The van der Waals surface area contributed by atoms with Crippen LogP contribution in [0.3, 0.4) is 0 Å². The van der Waals surface area contributed by atoms with Gasteiger partial charge in [-0.15, -0.1) is 0 Å². The van der Waals surface area contributed by atoms with Gasteiger partial charge in [-0.25, -0.2) is 0 Å². The maximum Gasteiger partial charge on any atom is 0.248 e. The van der Waals surface area contributed by atoms with E-state index in [0.717, 1.165) is 11.1 Å². The van der Waals surface area contributed by atoms with E-state index in [2.05, 4.69) is 5.32 Å². The Morgan fingerprint density at radius 3 is 2.13 bits per heavy atom. The highest BCUT2D eigenvalue weighted by Crippen LogP contribution is 2.14. The summed E-state index contributed by atoms with van der Waals surface area (Å²) in [6.45, 7) is 3.93. The van der Waals surface area contributed by atoms with Crippen LogP contribution in [-0.4, -0.2) is 18.8 Å². The topological polar surface area (TPSA) is 55.4 Å². The number of carbonyl (C=O) groups excluding carboxylic acids is 2. The second-order valence-electron chi connectivity index (χ2n) is 5.29. The van der Waals surface area contributed by atoms with Gasteiger partial charge in [0, 0.05) is 17.3 Å². The molecule has 0 bridgehead atoms. The first-order chi connectivity index (χ1) is 11.0. The summed E-state index contributed by atoms with van der Waals surface area (Å²) in [5, 5.41) is 2.75. The van der Waals surface area contributed by atoms with Crippen molar-refractivity contribution in [1.29, 1.82) is 0 Å². The molecule has 0 aliphatic rings. The van der Waals surface area contributed by atoms with Crippen molar-refractivity contribution in [3.63, 3.8) is 0 Å². The van der Waals surface area contributed by atoms with Crippen molar-refractivity contribution in [2.24, 2.45) is 0 Å². The number of aryl methyl sites for hydroxylation is 2. The fourth-order valence-electron chi connectivity index (χ4n) is 2.23. The molecule has 0 unspecified atom stereocenters. The van der Waals surface area contributed by atoms with Gasteiger partial charge in [-0.3, -0.25) is 9.59 Å². The highest BCUT2D eigenvalue weighted by atomic mass is 16.5. The van der Waals surface area contributed by atoms with E-state index in [1.165, 1.54) is 12.2 Å². The Balaban J connectivity index is 2.00. The standard InChI is InChI=1S/C19H19NO3/c1-13-10-14(2)12-16(11-13)20-19(22)9-8-18(21)15-4-6-17(23-3)7-5-15/h4-12H,1-3H3,(H,20,22). The summed E-state index contributed by atoms with van der Waals surface area (Å²) < 4.78 is 5.04. The molecule has 1 N–H and O–H groups in total. The molecule has 2 aromatic carbocycles. The molecule has 4 heteroatoms. The lowest BCUT2D eigenvalue weighted by molar-refractivity contribution is -0.111. The Kier molecular flexibility index (Phi) is 5.31. The summed E-state index contributed by atoms with van der Waals surface area (Å²) >= 11 is 0. The number of amides is 1. The predicted molar refractivity (Wildman–Crippen MR) is 91.0 cm³/mol. The molecule has 0 saturated heterocycles. The van der Waals surface area contributed by atoms with Crippen molar-refractivity contribution in [3.05, 3.63) is 71.3 Å².